The number of rotatable bonds is 3. The Morgan fingerprint density at radius 3 is 2.92 bits per heavy atom. The van der Waals surface area contributed by atoms with Crippen LogP contribution in [0.3, 0.4) is 0 Å². The topological polar surface area (TPSA) is 85.5 Å². The average molecular weight is 186 g/mol. The molecule has 0 spiro atoms. The second-order valence-corrected chi connectivity index (χ2v) is 2.35. The lowest BCUT2D eigenvalue weighted by atomic mass is 10.4. The predicted octanol–water partition coefficient (Wildman–Crippen LogP) is 0.300. The van der Waals surface area contributed by atoms with Gasteiger partial charge in [-0.2, -0.15) is 4.98 Å². The Bertz CT molecular complexity index is 294. The highest BCUT2D eigenvalue weighted by atomic mass is 16.6. The molecule has 0 saturated heterocycles. The molecule has 0 aliphatic rings. The van der Waals surface area contributed by atoms with Gasteiger partial charge in [0.05, 0.1) is 6.61 Å². The van der Waals surface area contributed by atoms with Crippen LogP contribution in [-0.2, 0) is 4.74 Å². The molecule has 0 fully saturated rings. The Labute approximate surface area is 74.5 Å². The molecule has 1 rings (SSSR count). The monoisotopic (exact) mass is 186 g/mol. The number of aromatic nitrogens is 2. The molecule has 72 valence electrons. The molecule has 0 bridgehead atoms. The van der Waals surface area contributed by atoms with E-state index in [9.17, 15) is 4.79 Å². The first-order chi connectivity index (χ1) is 6.15. The molecule has 0 aromatic carbocycles. The average Bonchev–Trinajstić information content (AvgIpc) is 2.52. The Morgan fingerprint density at radius 1 is 1.77 bits per heavy atom. The van der Waals surface area contributed by atoms with Crippen LogP contribution >= 0.6 is 0 Å². The molecule has 0 radical (unpaired) electrons. The van der Waals surface area contributed by atoms with Gasteiger partial charge in [0.25, 0.3) is 0 Å². The van der Waals surface area contributed by atoms with Gasteiger partial charge in [0, 0.05) is 0 Å². The van der Waals surface area contributed by atoms with Gasteiger partial charge in [-0.3, -0.25) is 0 Å². The molecular weight excluding hydrogens is 176 g/mol. The molecule has 1 atom stereocenters. The van der Waals surface area contributed by atoms with Crippen LogP contribution in [0.25, 0.3) is 0 Å². The highest BCUT2D eigenvalue weighted by Gasteiger charge is 2.17. The lowest BCUT2D eigenvalue weighted by molar-refractivity contribution is 0.0470. The summed E-state index contributed by atoms with van der Waals surface area (Å²) in [6.07, 6.45) is -0.855. The molecule has 0 saturated carbocycles. The quantitative estimate of drug-likeness (QED) is 0.683. The minimum Gasteiger partial charge on any atom is -0.459 e. The normalized spacial score (nSPS) is 12.5. The SMILES string of the molecule is CCOC(=O)c1nc([C@@H](C)O)no1. The number of aliphatic hydroxyl groups is 1. The van der Waals surface area contributed by atoms with Crippen molar-refractivity contribution in [3.63, 3.8) is 0 Å². The standard InChI is InChI=1S/C7H10N2O4/c1-3-12-7(11)6-8-5(4(2)10)9-13-6/h4,10H,3H2,1-2H3/t4-/m1/s1. The maximum absolute atomic E-state index is 11.0. The second kappa shape index (κ2) is 3.99. The largest absolute Gasteiger partial charge is 0.459 e. The van der Waals surface area contributed by atoms with E-state index in [-0.39, 0.29) is 18.3 Å². The Morgan fingerprint density at radius 2 is 2.46 bits per heavy atom. The maximum atomic E-state index is 11.0. The van der Waals surface area contributed by atoms with E-state index in [1.807, 2.05) is 0 Å². The van der Waals surface area contributed by atoms with E-state index in [0.29, 0.717) is 0 Å². The molecular formula is C7H10N2O4. The molecule has 6 nitrogen and oxygen atoms in total. The number of hydrogen-bond donors (Lipinski definition) is 1. The number of hydrogen-bond acceptors (Lipinski definition) is 6. The van der Waals surface area contributed by atoms with Gasteiger partial charge in [-0.05, 0) is 13.8 Å². The highest BCUT2D eigenvalue weighted by molar-refractivity contribution is 5.83. The summed E-state index contributed by atoms with van der Waals surface area (Å²) in [7, 11) is 0. The molecule has 6 heteroatoms. The number of ether oxygens (including phenoxy) is 1. The minimum absolute atomic E-state index is 0.0723. The summed E-state index contributed by atoms with van der Waals surface area (Å²) >= 11 is 0. The van der Waals surface area contributed by atoms with Crippen molar-refractivity contribution >= 4 is 5.97 Å². The minimum atomic E-state index is -0.855. The zero-order valence-electron chi connectivity index (χ0n) is 7.35. The van der Waals surface area contributed by atoms with Gasteiger partial charge in [0.1, 0.15) is 6.10 Å². The number of esters is 1. The van der Waals surface area contributed by atoms with Crippen LogP contribution in [0.2, 0.25) is 0 Å². The maximum Gasteiger partial charge on any atom is 0.397 e. The molecule has 0 amide bonds. The van der Waals surface area contributed by atoms with Crippen molar-refractivity contribution in [1.82, 2.24) is 10.1 Å². The smallest absolute Gasteiger partial charge is 0.397 e. The van der Waals surface area contributed by atoms with Gasteiger partial charge in [-0.1, -0.05) is 5.16 Å². The summed E-state index contributed by atoms with van der Waals surface area (Å²) in [4.78, 5) is 14.6. The van der Waals surface area contributed by atoms with Crippen LogP contribution in [0.5, 0.6) is 0 Å². The van der Waals surface area contributed by atoms with Gasteiger partial charge in [0.2, 0.25) is 5.82 Å². The fraction of sp³-hybridized carbons (Fsp3) is 0.571. The van der Waals surface area contributed by atoms with E-state index < -0.39 is 12.1 Å². The van der Waals surface area contributed by atoms with Crippen molar-refractivity contribution < 1.29 is 19.2 Å². The summed E-state index contributed by atoms with van der Waals surface area (Å²) in [5, 5.41) is 12.4. The number of aliphatic hydroxyl groups excluding tert-OH is 1. The predicted molar refractivity (Wildman–Crippen MR) is 40.9 cm³/mol. The van der Waals surface area contributed by atoms with Gasteiger partial charge < -0.3 is 14.4 Å². The fourth-order valence-corrected chi connectivity index (χ4v) is 0.680. The number of nitrogens with zero attached hydrogens (tertiary/aromatic N) is 2. The summed E-state index contributed by atoms with van der Waals surface area (Å²) < 4.78 is 9.15. The van der Waals surface area contributed by atoms with E-state index in [1.165, 1.54) is 6.92 Å². The Balaban J connectivity index is 2.73. The molecule has 13 heavy (non-hydrogen) atoms. The number of carbonyl (C=O) groups is 1. The second-order valence-electron chi connectivity index (χ2n) is 2.35. The lowest BCUT2D eigenvalue weighted by Crippen LogP contribution is -2.05. The van der Waals surface area contributed by atoms with Gasteiger partial charge >= 0.3 is 11.9 Å². The molecule has 0 aliphatic heterocycles. The van der Waals surface area contributed by atoms with E-state index in [4.69, 9.17) is 5.11 Å². The third-order valence-electron chi connectivity index (χ3n) is 1.27. The van der Waals surface area contributed by atoms with Crippen LogP contribution < -0.4 is 0 Å². The third kappa shape index (κ3) is 2.25. The molecule has 1 aromatic rings. The van der Waals surface area contributed by atoms with Crippen molar-refractivity contribution in [3.05, 3.63) is 11.7 Å². The van der Waals surface area contributed by atoms with E-state index in [2.05, 4.69) is 19.4 Å². The summed E-state index contributed by atoms with van der Waals surface area (Å²) in [5.74, 6) is -0.845. The third-order valence-corrected chi connectivity index (χ3v) is 1.27. The van der Waals surface area contributed by atoms with Crippen LogP contribution in [-0.4, -0.2) is 27.8 Å². The zero-order chi connectivity index (χ0) is 9.84. The first-order valence-corrected chi connectivity index (χ1v) is 3.84. The first kappa shape index (κ1) is 9.66. The van der Waals surface area contributed by atoms with Crippen LogP contribution in [0.1, 0.15) is 36.5 Å². The van der Waals surface area contributed by atoms with Gasteiger partial charge in [0.15, 0.2) is 0 Å². The van der Waals surface area contributed by atoms with Crippen LogP contribution in [0, 0.1) is 0 Å². The first-order valence-electron chi connectivity index (χ1n) is 3.84. The van der Waals surface area contributed by atoms with Crippen molar-refractivity contribution in [3.8, 4) is 0 Å². The zero-order valence-corrected chi connectivity index (χ0v) is 7.35. The summed E-state index contributed by atoms with van der Waals surface area (Å²) in [6.45, 7) is 3.38. The van der Waals surface area contributed by atoms with Crippen LogP contribution in [0.4, 0.5) is 0 Å². The number of carbonyl (C=O) groups excluding carboxylic acids is 1. The lowest BCUT2D eigenvalue weighted by Gasteiger charge is -1.94. The van der Waals surface area contributed by atoms with Crippen molar-refractivity contribution in [2.45, 2.75) is 20.0 Å². The Hall–Kier alpha value is -1.43. The van der Waals surface area contributed by atoms with Crippen molar-refractivity contribution in [2.24, 2.45) is 0 Å². The van der Waals surface area contributed by atoms with Gasteiger partial charge in [-0.15, -0.1) is 0 Å². The fourth-order valence-electron chi connectivity index (χ4n) is 0.680. The van der Waals surface area contributed by atoms with E-state index >= 15 is 0 Å². The molecule has 0 unspecified atom stereocenters. The molecule has 1 aromatic heterocycles. The summed E-state index contributed by atoms with van der Waals surface area (Å²) in [6, 6.07) is 0. The van der Waals surface area contributed by atoms with Crippen molar-refractivity contribution in [1.29, 1.82) is 0 Å². The van der Waals surface area contributed by atoms with Crippen LogP contribution in [0.15, 0.2) is 4.52 Å². The van der Waals surface area contributed by atoms with E-state index in [1.54, 1.807) is 6.92 Å². The van der Waals surface area contributed by atoms with Crippen molar-refractivity contribution in [2.75, 3.05) is 6.61 Å². The highest BCUT2D eigenvalue weighted by Crippen LogP contribution is 2.07. The summed E-state index contributed by atoms with van der Waals surface area (Å²) in [5.41, 5.74) is 0. The van der Waals surface area contributed by atoms with Gasteiger partial charge in [-0.25, -0.2) is 4.79 Å². The Kier molecular flexibility index (Phi) is 2.97. The van der Waals surface area contributed by atoms with E-state index in [0.717, 1.165) is 0 Å². The molecule has 1 N–H and O–H groups in total. The molecule has 0 aliphatic carbocycles. The molecule has 1 heterocycles.